The highest BCUT2D eigenvalue weighted by Gasteiger charge is 2.39. The van der Waals surface area contributed by atoms with Gasteiger partial charge in [-0.2, -0.15) is 0 Å². The molecule has 3 aliphatic rings. The van der Waals surface area contributed by atoms with Crippen molar-refractivity contribution in [1.82, 2.24) is 4.90 Å². The number of rotatable bonds is 8. The SMILES string of the molecule is O=C(C(=O)N1CCCC[C@H]1C(=O)OC(CCC1CCCCC1)c1ccccc1)C1CCCCC1. The average Bonchev–Trinajstić information content (AvgIpc) is 2.91. The maximum atomic E-state index is 13.4. The van der Waals surface area contributed by atoms with Gasteiger partial charge in [-0.15, -0.1) is 0 Å². The van der Waals surface area contributed by atoms with E-state index in [2.05, 4.69) is 0 Å². The second-order valence-electron chi connectivity index (χ2n) is 10.6. The Hall–Kier alpha value is -2.17. The Morgan fingerprint density at radius 3 is 2.18 bits per heavy atom. The Morgan fingerprint density at radius 1 is 0.824 bits per heavy atom. The number of piperidine rings is 1. The van der Waals surface area contributed by atoms with Crippen molar-refractivity contribution in [2.75, 3.05) is 6.54 Å². The number of benzene rings is 1. The molecule has 0 N–H and O–H groups in total. The molecule has 2 atom stereocenters. The predicted molar refractivity (Wildman–Crippen MR) is 132 cm³/mol. The second-order valence-corrected chi connectivity index (χ2v) is 10.6. The Morgan fingerprint density at radius 2 is 1.47 bits per heavy atom. The minimum atomic E-state index is -0.644. The van der Waals surface area contributed by atoms with Crippen LogP contribution in [-0.2, 0) is 19.1 Å². The molecule has 1 heterocycles. The molecule has 0 radical (unpaired) electrons. The zero-order valence-electron chi connectivity index (χ0n) is 20.6. The summed E-state index contributed by atoms with van der Waals surface area (Å²) in [6.07, 6.45) is 15.1. The number of ether oxygens (including phenoxy) is 1. The lowest BCUT2D eigenvalue weighted by atomic mass is 9.85. The van der Waals surface area contributed by atoms with Crippen molar-refractivity contribution in [1.29, 1.82) is 0 Å². The van der Waals surface area contributed by atoms with Crippen molar-refractivity contribution >= 4 is 17.7 Å². The van der Waals surface area contributed by atoms with Gasteiger partial charge in [0.25, 0.3) is 5.91 Å². The van der Waals surface area contributed by atoms with Crippen LogP contribution in [0.2, 0.25) is 0 Å². The van der Waals surface area contributed by atoms with Crippen LogP contribution >= 0.6 is 0 Å². The number of nitrogens with zero attached hydrogens (tertiary/aromatic N) is 1. The van der Waals surface area contributed by atoms with Crippen LogP contribution in [0.25, 0.3) is 0 Å². The molecule has 2 aliphatic carbocycles. The Kier molecular flexibility index (Phi) is 9.18. The highest BCUT2D eigenvalue weighted by Crippen LogP contribution is 2.33. The van der Waals surface area contributed by atoms with Crippen LogP contribution in [0.4, 0.5) is 0 Å². The lowest BCUT2D eigenvalue weighted by Crippen LogP contribution is -2.52. The number of amides is 1. The predicted octanol–water partition coefficient (Wildman–Crippen LogP) is 6.16. The van der Waals surface area contributed by atoms with Crippen molar-refractivity contribution in [2.45, 2.75) is 108 Å². The summed E-state index contributed by atoms with van der Waals surface area (Å²) in [5.74, 6) is -0.572. The molecule has 1 aliphatic heterocycles. The normalized spacial score (nSPS) is 23.3. The molecule has 4 rings (SSSR count). The molecule has 2 saturated carbocycles. The quantitative estimate of drug-likeness (QED) is 0.339. The van der Waals surface area contributed by atoms with Crippen molar-refractivity contribution in [2.24, 2.45) is 11.8 Å². The molecule has 1 unspecified atom stereocenters. The van der Waals surface area contributed by atoms with E-state index in [9.17, 15) is 14.4 Å². The Balaban J connectivity index is 1.42. The van der Waals surface area contributed by atoms with E-state index in [1.807, 2.05) is 30.3 Å². The van der Waals surface area contributed by atoms with Crippen molar-refractivity contribution in [3.05, 3.63) is 35.9 Å². The van der Waals surface area contributed by atoms with Crippen LogP contribution in [0.15, 0.2) is 30.3 Å². The van der Waals surface area contributed by atoms with Gasteiger partial charge in [0.05, 0.1) is 0 Å². The van der Waals surface area contributed by atoms with Crippen LogP contribution in [-0.4, -0.2) is 35.1 Å². The van der Waals surface area contributed by atoms with Crippen molar-refractivity contribution in [3.8, 4) is 0 Å². The molecular formula is C29H41NO4. The second kappa shape index (κ2) is 12.5. The van der Waals surface area contributed by atoms with E-state index in [1.165, 1.54) is 37.0 Å². The van der Waals surface area contributed by atoms with Crippen LogP contribution in [0.5, 0.6) is 0 Å². The molecule has 34 heavy (non-hydrogen) atoms. The van der Waals surface area contributed by atoms with Gasteiger partial charge >= 0.3 is 5.97 Å². The first kappa shape index (κ1) is 24.9. The topological polar surface area (TPSA) is 63.7 Å². The lowest BCUT2D eigenvalue weighted by molar-refractivity contribution is -0.164. The van der Waals surface area contributed by atoms with E-state index in [0.717, 1.165) is 63.4 Å². The van der Waals surface area contributed by atoms with E-state index < -0.39 is 11.9 Å². The third-order valence-electron chi connectivity index (χ3n) is 8.21. The first-order valence-corrected chi connectivity index (χ1v) is 13.7. The molecule has 0 bridgehead atoms. The minimum absolute atomic E-state index is 0.174. The first-order valence-electron chi connectivity index (χ1n) is 13.7. The molecule has 1 amide bonds. The van der Waals surface area contributed by atoms with Gasteiger partial charge in [-0.3, -0.25) is 9.59 Å². The van der Waals surface area contributed by atoms with Crippen LogP contribution in [0.1, 0.15) is 108 Å². The van der Waals surface area contributed by atoms with E-state index in [4.69, 9.17) is 4.74 Å². The summed E-state index contributed by atoms with van der Waals surface area (Å²) >= 11 is 0. The molecule has 186 valence electrons. The van der Waals surface area contributed by atoms with Gasteiger partial charge in [0.2, 0.25) is 5.78 Å². The highest BCUT2D eigenvalue weighted by atomic mass is 16.5. The van der Waals surface area contributed by atoms with Gasteiger partial charge in [-0.1, -0.05) is 81.7 Å². The summed E-state index contributed by atoms with van der Waals surface area (Å²) in [6.45, 7) is 0.467. The number of ketones is 1. The molecule has 0 aromatic heterocycles. The maximum Gasteiger partial charge on any atom is 0.329 e. The van der Waals surface area contributed by atoms with Crippen molar-refractivity contribution < 1.29 is 19.1 Å². The monoisotopic (exact) mass is 467 g/mol. The molecule has 1 aromatic carbocycles. The van der Waals surface area contributed by atoms with E-state index >= 15 is 0 Å². The lowest BCUT2D eigenvalue weighted by Gasteiger charge is -2.35. The zero-order valence-corrected chi connectivity index (χ0v) is 20.6. The van der Waals surface area contributed by atoms with Gasteiger partial charge in [0.1, 0.15) is 12.1 Å². The summed E-state index contributed by atoms with van der Waals surface area (Å²) in [5.41, 5.74) is 1.01. The number of likely N-dealkylation sites (tertiary alicyclic amines) is 1. The van der Waals surface area contributed by atoms with Crippen LogP contribution in [0, 0.1) is 11.8 Å². The summed E-state index contributed by atoms with van der Waals surface area (Å²) in [4.78, 5) is 41.1. The third kappa shape index (κ3) is 6.49. The third-order valence-corrected chi connectivity index (χ3v) is 8.21. The van der Waals surface area contributed by atoms with Crippen molar-refractivity contribution in [3.63, 3.8) is 0 Å². The molecule has 1 saturated heterocycles. The van der Waals surface area contributed by atoms with Gasteiger partial charge in [0, 0.05) is 12.5 Å². The number of carbonyl (C=O) groups is 3. The fourth-order valence-corrected chi connectivity index (χ4v) is 6.14. The van der Waals surface area contributed by atoms with Gasteiger partial charge in [-0.05, 0) is 56.4 Å². The standard InChI is InChI=1S/C29H41NO4/c31-27(24-16-8-3-9-17-24)28(32)30-21-11-10-18-25(30)29(33)34-26(23-14-6-2-7-15-23)20-19-22-12-4-1-5-13-22/h2,6-7,14-15,22,24-26H,1,3-5,8-13,16-21H2/t25-,26?/m0/s1. The number of carbonyl (C=O) groups excluding carboxylic acids is 3. The van der Waals surface area contributed by atoms with E-state index in [1.54, 1.807) is 0 Å². The largest absolute Gasteiger partial charge is 0.456 e. The number of hydrogen-bond donors (Lipinski definition) is 0. The van der Waals surface area contributed by atoms with Crippen LogP contribution < -0.4 is 0 Å². The summed E-state index contributed by atoms with van der Waals surface area (Å²) in [6, 6.07) is 9.34. The smallest absolute Gasteiger partial charge is 0.329 e. The maximum absolute atomic E-state index is 13.4. The van der Waals surface area contributed by atoms with E-state index in [0.29, 0.717) is 18.9 Å². The molecule has 5 heteroatoms. The summed E-state index contributed by atoms with van der Waals surface area (Å²) in [5, 5.41) is 0. The first-order chi connectivity index (χ1) is 16.6. The van der Waals surface area contributed by atoms with Gasteiger partial charge < -0.3 is 9.64 Å². The summed E-state index contributed by atoms with van der Waals surface area (Å²) < 4.78 is 6.13. The highest BCUT2D eigenvalue weighted by molar-refractivity contribution is 6.37. The molecule has 5 nitrogen and oxygen atoms in total. The minimum Gasteiger partial charge on any atom is -0.456 e. The fourth-order valence-electron chi connectivity index (χ4n) is 6.14. The van der Waals surface area contributed by atoms with Gasteiger partial charge in [-0.25, -0.2) is 4.79 Å². The van der Waals surface area contributed by atoms with Crippen LogP contribution in [0.3, 0.4) is 0 Å². The number of Topliss-reactive ketones (excluding diaryl/α,β-unsaturated/α-hetero) is 1. The number of esters is 1. The fraction of sp³-hybridized carbons (Fsp3) is 0.690. The zero-order chi connectivity index (χ0) is 23.8. The number of hydrogen-bond acceptors (Lipinski definition) is 4. The Labute approximate surface area is 204 Å². The summed E-state index contributed by atoms with van der Waals surface area (Å²) in [7, 11) is 0. The Bertz CT molecular complexity index is 811. The molecular weight excluding hydrogens is 426 g/mol. The van der Waals surface area contributed by atoms with E-state index in [-0.39, 0.29) is 23.8 Å². The molecule has 0 spiro atoms. The average molecular weight is 468 g/mol. The molecule has 1 aromatic rings. The van der Waals surface area contributed by atoms with Gasteiger partial charge in [0.15, 0.2) is 0 Å². The molecule has 3 fully saturated rings.